The van der Waals surface area contributed by atoms with Crippen LogP contribution in [0, 0.1) is 0 Å². The molecule has 162 valence electrons. The second-order valence-corrected chi connectivity index (χ2v) is 6.45. The minimum absolute atomic E-state index is 0.00604. The Morgan fingerprint density at radius 3 is 2.37 bits per heavy atom. The molecular formula is C23H30N2O5. The molecule has 2 aromatic carbocycles. The molecule has 0 bridgehead atoms. The van der Waals surface area contributed by atoms with Crippen LogP contribution in [0.3, 0.4) is 0 Å². The quantitative estimate of drug-likeness (QED) is 0.721. The number of piperazine rings is 1. The Morgan fingerprint density at radius 2 is 1.73 bits per heavy atom. The number of carbonyl (C=O) groups is 2. The Balaban J connectivity index is 0.00000155. The van der Waals surface area contributed by atoms with Crippen LogP contribution in [-0.2, 0) is 22.7 Å². The van der Waals surface area contributed by atoms with Crippen molar-refractivity contribution in [2.75, 3.05) is 33.9 Å². The van der Waals surface area contributed by atoms with Gasteiger partial charge in [-0.1, -0.05) is 44.2 Å². The summed E-state index contributed by atoms with van der Waals surface area (Å²) in [6.07, 6.45) is -0.473. The van der Waals surface area contributed by atoms with Gasteiger partial charge in [0.1, 0.15) is 24.7 Å². The number of carbonyl (C=O) groups excluding carboxylic acids is 2. The third kappa shape index (κ3) is 6.14. The minimum Gasteiger partial charge on any atom is -0.497 e. The minimum atomic E-state index is -0.473. The van der Waals surface area contributed by atoms with Crippen LogP contribution < -0.4 is 9.47 Å². The van der Waals surface area contributed by atoms with Crippen LogP contribution in [0.15, 0.2) is 48.5 Å². The van der Waals surface area contributed by atoms with Crippen LogP contribution in [0.25, 0.3) is 0 Å². The average Bonchev–Trinajstić information content (AvgIpc) is 2.81. The van der Waals surface area contributed by atoms with Gasteiger partial charge in [0, 0.05) is 31.3 Å². The number of nitrogens with zero attached hydrogens (tertiary/aromatic N) is 2. The predicted octanol–water partition coefficient (Wildman–Crippen LogP) is 3.71. The Labute approximate surface area is 178 Å². The number of rotatable bonds is 6. The fraction of sp³-hybridized carbons (Fsp3) is 0.391. The number of benzene rings is 2. The lowest BCUT2D eigenvalue weighted by Crippen LogP contribution is -2.51. The summed E-state index contributed by atoms with van der Waals surface area (Å²) in [4.78, 5) is 27.9. The van der Waals surface area contributed by atoms with Crippen molar-refractivity contribution in [1.29, 1.82) is 0 Å². The van der Waals surface area contributed by atoms with Crippen molar-refractivity contribution >= 4 is 12.0 Å². The SMILES string of the molecule is CC.COc1ccc(CN2CCN(C(=O)OCc3ccccc3)CC2=O)c(OC)c1. The van der Waals surface area contributed by atoms with Gasteiger partial charge in [-0.25, -0.2) is 4.79 Å². The van der Waals surface area contributed by atoms with Gasteiger partial charge in [-0.15, -0.1) is 0 Å². The Bertz CT molecular complexity index is 826. The first-order valence-corrected chi connectivity index (χ1v) is 10.0. The van der Waals surface area contributed by atoms with E-state index in [2.05, 4.69) is 0 Å². The van der Waals surface area contributed by atoms with Crippen LogP contribution in [0.5, 0.6) is 11.5 Å². The number of hydrogen-bond acceptors (Lipinski definition) is 5. The van der Waals surface area contributed by atoms with Gasteiger partial charge in [-0.3, -0.25) is 9.69 Å². The highest BCUT2D eigenvalue weighted by molar-refractivity contribution is 5.83. The molecule has 0 N–H and O–H groups in total. The van der Waals surface area contributed by atoms with E-state index < -0.39 is 6.09 Å². The van der Waals surface area contributed by atoms with Gasteiger partial charge in [-0.2, -0.15) is 0 Å². The van der Waals surface area contributed by atoms with Crippen molar-refractivity contribution in [3.05, 3.63) is 59.7 Å². The second-order valence-electron chi connectivity index (χ2n) is 6.45. The highest BCUT2D eigenvalue weighted by Gasteiger charge is 2.28. The molecule has 0 aromatic heterocycles. The van der Waals surface area contributed by atoms with Crippen molar-refractivity contribution in [2.45, 2.75) is 27.0 Å². The van der Waals surface area contributed by atoms with Gasteiger partial charge < -0.3 is 19.1 Å². The first-order chi connectivity index (χ1) is 14.6. The lowest BCUT2D eigenvalue weighted by atomic mass is 10.1. The standard InChI is InChI=1S/C21H24N2O5.C2H6/c1-26-18-9-8-17(19(12-18)27-2)13-22-10-11-23(14-20(22)24)21(25)28-15-16-6-4-3-5-7-16;1-2/h3-9,12H,10-11,13-15H2,1-2H3;1-2H3. The summed E-state index contributed by atoms with van der Waals surface area (Å²) in [6, 6.07) is 15.0. The zero-order valence-corrected chi connectivity index (χ0v) is 18.1. The fourth-order valence-corrected chi connectivity index (χ4v) is 3.03. The van der Waals surface area contributed by atoms with Crippen LogP contribution >= 0.6 is 0 Å². The Hall–Kier alpha value is -3.22. The molecule has 1 heterocycles. The lowest BCUT2D eigenvalue weighted by molar-refractivity contribution is -0.136. The van der Waals surface area contributed by atoms with Crippen LogP contribution in [-0.4, -0.2) is 55.7 Å². The van der Waals surface area contributed by atoms with E-state index in [9.17, 15) is 9.59 Å². The average molecular weight is 415 g/mol. The van der Waals surface area contributed by atoms with E-state index in [-0.39, 0.29) is 19.1 Å². The van der Waals surface area contributed by atoms with Crippen LogP contribution in [0.1, 0.15) is 25.0 Å². The number of amides is 2. The molecule has 0 radical (unpaired) electrons. The van der Waals surface area contributed by atoms with Gasteiger partial charge in [0.05, 0.1) is 14.2 Å². The molecule has 0 aliphatic carbocycles. The van der Waals surface area contributed by atoms with Crippen LogP contribution in [0.2, 0.25) is 0 Å². The van der Waals surface area contributed by atoms with Crippen molar-refractivity contribution in [1.82, 2.24) is 9.80 Å². The van der Waals surface area contributed by atoms with E-state index in [0.717, 1.165) is 11.1 Å². The van der Waals surface area contributed by atoms with E-state index in [1.165, 1.54) is 4.90 Å². The third-order valence-electron chi connectivity index (χ3n) is 4.64. The van der Waals surface area contributed by atoms with E-state index in [1.54, 1.807) is 25.2 Å². The molecule has 1 aliphatic heterocycles. The third-order valence-corrected chi connectivity index (χ3v) is 4.64. The van der Waals surface area contributed by atoms with E-state index in [1.807, 2.05) is 56.3 Å². The zero-order valence-electron chi connectivity index (χ0n) is 18.1. The summed E-state index contributed by atoms with van der Waals surface area (Å²) in [7, 11) is 3.18. The highest BCUT2D eigenvalue weighted by Crippen LogP contribution is 2.26. The van der Waals surface area contributed by atoms with Crippen molar-refractivity contribution in [3.8, 4) is 11.5 Å². The number of ether oxygens (including phenoxy) is 3. The van der Waals surface area contributed by atoms with E-state index in [0.29, 0.717) is 31.1 Å². The molecule has 1 fully saturated rings. The molecule has 0 atom stereocenters. The molecule has 1 saturated heterocycles. The molecule has 30 heavy (non-hydrogen) atoms. The first kappa shape index (κ1) is 23.1. The largest absolute Gasteiger partial charge is 0.497 e. The van der Waals surface area contributed by atoms with E-state index in [4.69, 9.17) is 14.2 Å². The molecule has 0 unspecified atom stereocenters. The molecule has 2 aromatic rings. The van der Waals surface area contributed by atoms with Crippen molar-refractivity contribution in [3.63, 3.8) is 0 Å². The second kappa shape index (κ2) is 11.7. The summed E-state index contributed by atoms with van der Waals surface area (Å²) >= 11 is 0. The van der Waals surface area contributed by atoms with Crippen molar-refractivity contribution in [2.24, 2.45) is 0 Å². The maximum Gasteiger partial charge on any atom is 0.410 e. The van der Waals surface area contributed by atoms with Crippen LogP contribution in [0.4, 0.5) is 4.79 Å². The van der Waals surface area contributed by atoms with Gasteiger partial charge in [0.15, 0.2) is 0 Å². The molecular weight excluding hydrogens is 384 g/mol. The fourth-order valence-electron chi connectivity index (χ4n) is 3.03. The Morgan fingerprint density at radius 1 is 1.00 bits per heavy atom. The summed E-state index contributed by atoms with van der Waals surface area (Å²) < 4.78 is 15.9. The predicted molar refractivity (Wildman–Crippen MR) is 115 cm³/mol. The molecule has 0 saturated carbocycles. The number of hydrogen-bond donors (Lipinski definition) is 0. The summed E-state index contributed by atoms with van der Waals surface area (Å²) in [5, 5.41) is 0. The molecule has 2 amide bonds. The summed E-state index contributed by atoms with van der Waals surface area (Å²) in [5.41, 5.74) is 1.80. The monoisotopic (exact) mass is 414 g/mol. The zero-order chi connectivity index (χ0) is 21.9. The van der Waals surface area contributed by atoms with Gasteiger partial charge in [-0.05, 0) is 17.7 Å². The smallest absolute Gasteiger partial charge is 0.410 e. The van der Waals surface area contributed by atoms with Gasteiger partial charge >= 0.3 is 6.09 Å². The normalized spacial score (nSPS) is 13.3. The Kier molecular flexibility index (Phi) is 9.00. The molecule has 7 heteroatoms. The highest BCUT2D eigenvalue weighted by atomic mass is 16.6. The first-order valence-electron chi connectivity index (χ1n) is 10.0. The van der Waals surface area contributed by atoms with Crippen molar-refractivity contribution < 1.29 is 23.8 Å². The summed E-state index contributed by atoms with van der Waals surface area (Å²) in [6.45, 7) is 5.48. The van der Waals surface area contributed by atoms with Gasteiger partial charge in [0.25, 0.3) is 0 Å². The topological polar surface area (TPSA) is 68.3 Å². The maximum atomic E-state index is 12.5. The lowest BCUT2D eigenvalue weighted by Gasteiger charge is -2.34. The summed E-state index contributed by atoms with van der Waals surface area (Å²) in [5.74, 6) is 1.23. The molecule has 3 rings (SSSR count). The molecule has 0 spiro atoms. The molecule has 7 nitrogen and oxygen atoms in total. The number of methoxy groups -OCH3 is 2. The maximum absolute atomic E-state index is 12.5. The molecule has 1 aliphatic rings. The van der Waals surface area contributed by atoms with Gasteiger partial charge in [0.2, 0.25) is 5.91 Å². The van der Waals surface area contributed by atoms with E-state index >= 15 is 0 Å².